The highest BCUT2D eigenvalue weighted by molar-refractivity contribution is 7.09. The molecule has 0 aliphatic rings. The molecule has 0 saturated heterocycles. The molecule has 0 aliphatic heterocycles. The summed E-state index contributed by atoms with van der Waals surface area (Å²) < 4.78 is 11.2. The van der Waals surface area contributed by atoms with E-state index < -0.39 is 0 Å². The molecule has 138 valence electrons. The van der Waals surface area contributed by atoms with Gasteiger partial charge in [-0.2, -0.15) is 0 Å². The Kier molecular flexibility index (Phi) is 6.08. The van der Waals surface area contributed by atoms with Gasteiger partial charge in [0, 0.05) is 30.1 Å². The van der Waals surface area contributed by atoms with E-state index >= 15 is 0 Å². The minimum atomic E-state index is 0.118. The number of nitrogens with zero attached hydrogens (tertiary/aromatic N) is 2. The van der Waals surface area contributed by atoms with Gasteiger partial charge in [0.15, 0.2) is 0 Å². The van der Waals surface area contributed by atoms with Crippen LogP contribution < -0.4 is 4.74 Å². The van der Waals surface area contributed by atoms with Crippen molar-refractivity contribution in [1.82, 2.24) is 9.88 Å². The number of methoxy groups -OCH3 is 1. The second kappa shape index (κ2) is 8.49. The summed E-state index contributed by atoms with van der Waals surface area (Å²) in [7, 11) is 1.67. The van der Waals surface area contributed by atoms with E-state index in [9.17, 15) is 5.11 Å². The van der Waals surface area contributed by atoms with E-state index in [4.69, 9.17) is 14.1 Å². The SMILES string of the molecule is COc1ccc(-c2nc(CN(CCO)Cc3cccs3)c(C)o2)cc1C. The zero-order valence-electron chi connectivity index (χ0n) is 15.4. The van der Waals surface area contributed by atoms with Crippen LogP contribution in [0.4, 0.5) is 0 Å². The number of ether oxygens (including phenoxy) is 1. The van der Waals surface area contributed by atoms with Gasteiger partial charge in [-0.15, -0.1) is 11.3 Å². The second-order valence-electron chi connectivity index (χ2n) is 6.22. The molecule has 2 aromatic heterocycles. The lowest BCUT2D eigenvalue weighted by molar-refractivity contribution is 0.183. The molecule has 0 aliphatic carbocycles. The molecule has 0 spiro atoms. The van der Waals surface area contributed by atoms with Gasteiger partial charge >= 0.3 is 0 Å². The largest absolute Gasteiger partial charge is 0.496 e. The highest BCUT2D eigenvalue weighted by Crippen LogP contribution is 2.27. The monoisotopic (exact) mass is 372 g/mol. The first-order chi connectivity index (χ1) is 12.6. The molecular weight excluding hydrogens is 348 g/mol. The van der Waals surface area contributed by atoms with Crippen LogP contribution >= 0.6 is 11.3 Å². The van der Waals surface area contributed by atoms with Gasteiger partial charge in [-0.1, -0.05) is 6.07 Å². The molecule has 1 aromatic carbocycles. The molecule has 2 heterocycles. The molecular formula is C20H24N2O3S. The Morgan fingerprint density at radius 1 is 1.23 bits per heavy atom. The predicted octanol–water partition coefficient (Wildman–Crippen LogP) is 4.02. The number of oxazole rings is 1. The van der Waals surface area contributed by atoms with E-state index in [1.54, 1.807) is 18.4 Å². The summed E-state index contributed by atoms with van der Waals surface area (Å²) in [6.07, 6.45) is 0. The van der Waals surface area contributed by atoms with Crippen LogP contribution in [0.2, 0.25) is 0 Å². The lowest BCUT2D eigenvalue weighted by Gasteiger charge is -2.19. The van der Waals surface area contributed by atoms with Gasteiger partial charge in [0.05, 0.1) is 19.4 Å². The Bertz CT molecular complexity index is 843. The molecule has 6 heteroatoms. The van der Waals surface area contributed by atoms with E-state index in [0.717, 1.165) is 34.9 Å². The number of aromatic nitrogens is 1. The van der Waals surface area contributed by atoms with Crippen LogP contribution in [0, 0.1) is 13.8 Å². The van der Waals surface area contributed by atoms with Crippen molar-refractivity contribution in [3.63, 3.8) is 0 Å². The topological polar surface area (TPSA) is 58.7 Å². The molecule has 5 nitrogen and oxygen atoms in total. The molecule has 0 saturated carbocycles. The van der Waals surface area contributed by atoms with Gasteiger partial charge in [-0.25, -0.2) is 4.98 Å². The van der Waals surface area contributed by atoms with Crippen LogP contribution in [0.5, 0.6) is 5.75 Å². The first kappa shape index (κ1) is 18.6. The first-order valence-electron chi connectivity index (χ1n) is 8.57. The highest BCUT2D eigenvalue weighted by Gasteiger charge is 2.16. The summed E-state index contributed by atoms with van der Waals surface area (Å²) >= 11 is 1.72. The van der Waals surface area contributed by atoms with E-state index in [1.807, 2.05) is 38.1 Å². The number of aliphatic hydroxyl groups is 1. The number of thiophene rings is 1. The van der Waals surface area contributed by atoms with Crippen LogP contribution in [0.1, 0.15) is 21.9 Å². The maximum atomic E-state index is 9.38. The van der Waals surface area contributed by atoms with Crippen molar-refractivity contribution in [3.05, 3.63) is 57.6 Å². The summed E-state index contributed by atoms with van der Waals surface area (Å²) in [6, 6.07) is 10.1. The van der Waals surface area contributed by atoms with Crippen molar-refractivity contribution in [2.45, 2.75) is 26.9 Å². The Morgan fingerprint density at radius 2 is 2.08 bits per heavy atom. The molecule has 0 unspecified atom stereocenters. The molecule has 3 aromatic rings. The zero-order chi connectivity index (χ0) is 18.5. The van der Waals surface area contributed by atoms with Crippen LogP contribution in [-0.4, -0.2) is 35.3 Å². The summed E-state index contributed by atoms with van der Waals surface area (Å²) in [5.74, 6) is 2.27. The Morgan fingerprint density at radius 3 is 2.73 bits per heavy atom. The number of hydrogen-bond acceptors (Lipinski definition) is 6. The van der Waals surface area contributed by atoms with Crippen LogP contribution in [-0.2, 0) is 13.1 Å². The summed E-state index contributed by atoms with van der Waals surface area (Å²) in [4.78, 5) is 8.15. The van der Waals surface area contributed by atoms with Crippen LogP contribution in [0.25, 0.3) is 11.5 Å². The first-order valence-corrected chi connectivity index (χ1v) is 9.45. The molecule has 0 radical (unpaired) electrons. The normalized spacial score (nSPS) is 11.3. The maximum Gasteiger partial charge on any atom is 0.226 e. The molecule has 0 bridgehead atoms. The van der Waals surface area contributed by atoms with Crippen molar-refractivity contribution >= 4 is 11.3 Å². The molecule has 0 atom stereocenters. The second-order valence-corrected chi connectivity index (χ2v) is 7.25. The van der Waals surface area contributed by atoms with Gasteiger partial charge in [0.1, 0.15) is 11.5 Å². The van der Waals surface area contributed by atoms with Crippen molar-refractivity contribution in [2.24, 2.45) is 0 Å². The molecule has 0 fully saturated rings. The number of benzene rings is 1. The highest BCUT2D eigenvalue weighted by atomic mass is 32.1. The van der Waals surface area contributed by atoms with Gasteiger partial charge in [-0.05, 0) is 49.1 Å². The lowest BCUT2D eigenvalue weighted by Crippen LogP contribution is -2.26. The quantitative estimate of drug-likeness (QED) is 0.647. The summed E-state index contributed by atoms with van der Waals surface area (Å²) in [6.45, 7) is 6.09. The molecule has 0 amide bonds. The fraction of sp³-hybridized carbons (Fsp3) is 0.350. The molecule has 3 rings (SSSR count). The van der Waals surface area contributed by atoms with Crippen LogP contribution in [0.15, 0.2) is 40.1 Å². The van der Waals surface area contributed by atoms with E-state index in [-0.39, 0.29) is 6.61 Å². The summed E-state index contributed by atoms with van der Waals surface area (Å²) in [5, 5.41) is 11.4. The van der Waals surface area contributed by atoms with E-state index in [0.29, 0.717) is 19.0 Å². The maximum absolute atomic E-state index is 9.38. The molecule has 26 heavy (non-hydrogen) atoms. The third-order valence-electron chi connectivity index (χ3n) is 4.28. The minimum Gasteiger partial charge on any atom is -0.496 e. The van der Waals surface area contributed by atoms with Gasteiger partial charge in [0.2, 0.25) is 5.89 Å². The van der Waals surface area contributed by atoms with Gasteiger partial charge in [0.25, 0.3) is 0 Å². The minimum absolute atomic E-state index is 0.118. The third-order valence-corrected chi connectivity index (χ3v) is 5.14. The van der Waals surface area contributed by atoms with E-state index in [1.165, 1.54) is 4.88 Å². The molecule has 1 N–H and O–H groups in total. The fourth-order valence-electron chi connectivity index (χ4n) is 2.90. The van der Waals surface area contributed by atoms with Gasteiger partial charge < -0.3 is 14.3 Å². The fourth-order valence-corrected chi connectivity index (χ4v) is 3.65. The van der Waals surface area contributed by atoms with Crippen molar-refractivity contribution in [2.75, 3.05) is 20.3 Å². The number of rotatable bonds is 8. The van der Waals surface area contributed by atoms with E-state index in [2.05, 4.69) is 16.3 Å². The number of aliphatic hydroxyl groups excluding tert-OH is 1. The third kappa shape index (κ3) is 4.33. The average molecular weight is 372 g/mol. The summed E-state index contributed by atoms with van der Waals surface area (Å²) in [5.41, 5.74) is 2.88. The standard InChI is InChI=1S/C20H24N2O3S/c1-14-11-16(6-7-19(14)24-3)20-21-18(15(2)25-20)13-22(8-9-23)12-17-5-4-10-26-17/h4-7,10-11,23H,8-9,12-13H2,1-3H3. The Labute approximate surface area is 157 Å². The Hall–Kier alpha value is -2.15. The van der Waals surface area contributed by atoms with Crippen LogP contribution in [0.3, 0.4) is 0 Å². The van der Waals surface area contributed by atoms with Crippen molar-refractivity contribution < 1.29 is 14.3 Å². The van der Waals surface area contributed by atoms with Crippen molar-refractivity contribution in [3.8, 4) is 17.2 Å². The number of aryl methyl sites for hydroxylation is 2. The van der Waals surface area contributed by atoms with Crippen molar-refractivity contribution in [1.29, 1.82) is 0 Å². The average Bonchev–Trinajstić information content (AvgIpc) is 3.25. The van der Waals surface area contributed by atoms with Gasteiger partial charge in [-0.3, -0.25) is 4.90 Å². The number of hydrogen-bond donors (Lipinski definition) is 1. The zero-order valence-corrected chi connectivity index (χ0v) is 16.2. The Balaban J connectivity index is 1.79. The predicted molar refractivity (Wildman–Crippen MR) is 103 cm³/mol. The lowest BCUT2D eigenvalue weighted by atomic mass is 10.1. The smallest absolute Gasteiger partial charge is 0.226 e.